The molecule has 0 atom stereocenters. The molecule has 7 aromatic carbocycles. The van der Waals surface area contributed by atoms with Crippen LogP contribution >= 0.6 is 0 Å². The number of hydrogen-bond donors (Lipinski definition) is 0. The largest absolute Gasteiger partial charge is 0.453 e. The molecular weight excluding hydrogens is 627 g/mol. The first-order chi connectivity index (χ1) is 25.0. The Bertz CT molecular complexity index is 2680. The SMILES string of the molecule is Cn1c2cc(N3c4ccccc4Oc4ccccc43)ccc2c2cc3c(cc21)-c1ccc(N2c4ccccc4Oc4ccccc42)cc1C3(C)C. The number of anilines is 6. The quantitative estimate of drug-likeness (QED) is 0.185. The predicted molar refractivity (Wildman–Crippen MR) is 208 cm³/mol. The highest BCUT2D eigenvalue weighted by Gasteiger charge is 2.38. The lowest BCUT2D eigenvalue weighted by Gasteiger charge is -2.33. The van der Waals surface area contributed by atoms with Gasteiger partial charge in [0.15, 0.2) is 23.0 Å². The summed E-state index contributed by atoms with van der Waals surface area (Å²) < 4.78 is 15.0. The first-order valence-corrected chi connectivity index (χ1v) is 17.5. The molecule has 1 aliphatic carbocycles. The topological polar surface area (TPSA) is 29.9 Å². The van der Waals surface area contributed by atoms with Crippen molar-refractivity contribution in [2.24, 2.45) is 7.05 Å². The Hall–Kier alpha value is -6.46. The van der Waals surface area contributed by atoms with Gasteiger partial charge in [0, 0.05) is 40.1 Å². The molecule has 0 amide bonds. The number of benzene rings is 7. The lowest BCUT2D eigenvalue weighted by atomic mass is 9.82. The van der Waals surface area contributed by atoms with E-state index in [1.165, 1.54) is 44.1 Å². The van der Waals surface area contributed by atoms with Crippen LogP contribution in [-0.4, -0.2) is 4.57 Å². The van der Waals surface area contributed by atoms with Gasteiger partial charge in [-0.2, -0.15) is 0 Å². The molecule has 0 fully saturated rings. The van der Waals surface area contributed by atoms with Gasteiger partial charge in [0.2, 0.25) is 0 Å². The average molecular weight is 660 g/mol. The van der Waals surface area contributed by atoms with Crippen LogP contribution in [0.3, 0.4) is 0 Å². The van der Waals surface area contributed by atoms with Crippen LogP contribution in [0.25, 0.3) is 32.9 Å². The molecule has 2 aliphatic heterocycles. The lowest BCUT2D eigenvalue weighted by molar-refractivity contribution is 0.476. The van der Waals surface area contributed by atoms with Gasteiger partial charge in [-0.15, -0.1) is 0 Å². The van der Waals surface area contributed by atoms with Gasteiger partial charge in [-0.05, 0) is 107 Å². The second-order valence-corrected chi connectivity index (χ2v) is 14.3. The summed E-state index contributed by atoms with van der Waals surface area (Å²) in [6.07, 6.45) is 0. The molecule has 0 unspecified atom stereocenters. The Labute approximate surface area is 296 Å². The Morgan fingerprint density at radius 2 is 0.882 bits per heavy atom. The zero-order valence-electron chi connectivity index (χ0n) is 28.5. The predicted octanol–water partition coefficient (Wildman–Crippen LogP) is 12.8. The van der Waals surface area contributed by atoms with Crippen molar-refractivity contribution in [1.82, 2.24) is 4.57 Å². The summed E-state index contributed by atoms with van der Waals surface area (Å²) in [4.78, 5) is 4.65. The normalized spacial score (nSPS) is 14.6. The minimum Gasteiger partial charge on any atom is -0.453 e. The standard InChI is InChI=1S/C46H33N3O2/c1-46(2)34-24-28(48-36-12-4-8-16-42(36)50-43-17-9-5-13-37(43)48)20-22-30(34)32-27-41-33(26-35(32)46)31-23-21-29(25-40(31)47(41)3)49-38-14-6-10-18-44(38)51-45-19-11-7-15-39(45)49/h4-27H,1-3H3. The Kier molecular flexibility index (Phi) is 5.59. The van der Waals surface area contributed by atoms with Crippen LogP contribution < -0.4 is 19.3 Å². The maximum absolute atomic E-state index is 6.32. The molecule has 3 heterocycles. The van der Waals surface area contributed by atoms with Gasteiger partial charge in [-0.3, -0.25) is 0 Å². The smallest absolute Gasteiger partial charge is 0.151 e. The molecule has 3 aliphatic rings. The number of aryl methyl sites for hydroxylation is 1. The third kappa shape index (κ3) is 3.86. The van der Waals surface area contributed by atoms with Crippen molar-refractivity contribution in [3.8, 4) is 34.1 Å². The van der Waals surface area contributed by atoms with Crippen LogP contribution in [0.4, 0.5) is 34.1 Å². The summed E-state index contributed by atoms with van der Waals surface area (Å²) >= 11 is 0. The maximum atomic E-state index is 6.32. The summed E-state index contributed by atoms with van der Waals surface area (Å²) in [5, 5.41) is 2.53. The number of hydrogen-bond acceptors (Lipinski definition) is 4. The number of aromatic nitrogens is 1. The fourth-order valence-corrected chi connectivity index (χ4v) is 8.65. The second-order valence-electron chi connectivity index (χ2n) is 14.3. The monoisotopic (exact) mass is 659 g/mol. The van der Waals surface area contributed by atoms with Crippen LogP contribution in [0.2, 0.25) is 0 Å². The average Bonchev–Trinajstić information content (AvgIpc) is 3.56. The molecule has 244 valence electrons. The van der Waals surface area contributed by atoms with E-state index in [0.717, 1.165) is 57.1 Å². The summed E-state index contributed by atoms with van der Waals surface area (Å²) in [5.74, 6) is 3.44. The van der Waals surface area contributed by atoms with Gasteiger partial charge in [-0.1, -0.05) is 74.5 Å². The Morgan fingerprint density at radius 1 is 0.431 bits per heavy atom. The van der Waals surface area contributed by atoms with E-state index in [2.05, 4.69) is 132 Å². The van der Waals surface area contributed by atoms with Crippen molar-refractivity contribution in [2.75, 3.05) is 9.80 Å². The van der Waals surface area contributed by atoms with Crippen LogP contribution in [0.5, 0.6) is 23.0 Å². The minimum atomic E-state index is -0.191. The minimum absolute atomic E-state index is 0.191. The zero-order valence-corrected chi connectivity index (χ0v) is 28.5. The van der Waals surface area contributed by atoms with Gasteiger partial charge in [0.05, 0.1) is 28.3 Å². The highest BCUT2D eigenvalue weighted by atomic mass is 16.5. The van der Waals surface area contributed by atoms with E-state index in [1.807, 2.05) is 48.5 Å². The van der Waals surface area contributed by atoms with Crippen molar-refractivity contribution in [2.45, 2.75) is 19.3 Å². The van der Waals surface area contributed by atoms with Gasteiger partial charge >= 0.3 is 0 Å². The van der Waals surface area contributed by atoms with E-state index in [9.17, 15) is 0 Å². The van der Waals surface area contributed by atoms with Crippen LogP contribution in [-0.2, 0) is 12.5 Å². The maximum Gasteiger partial charge on any atom is 0.151 e. The van der Waals surface area contributed by atoms with E-state index in [0.29, 0.717) is 0 Å². The number of para-hydroxylation sites is 8. The van der Waals surface area contributed by atoms with Gasteiger partial charge in [-0.25, -0.2) is 0 Å². The van der Waals surface area contributed by atoms with E-state index < -0.39 is 0 Å². The molecule has 5 nitrogen and oxygen atoms in total. The first-order valence-electron chi connectivity index (χ1n) is 17.5. The van der Waals surface area contributed by atoms with E-state index in [-0.39, 0.29) is 5.41 Å². The van der Waals surface area contributed by atoms with Crippen molar-refractivity contribution in [3.63, 3.8) is 0 Å². The number of fused-ring (bicyclic) bond motifs is 10. The van der Waals surface area contributed by atoms with Gasteiger partial charge in [0.25, 0.3) is 0 Å². The van der Waals surface area contributed by atoms with Gasteiger partial charge < -0.3 is 23.8 Å². The molecule has 8 aromatic rings. The van der Waals surface area contributed by atoms with Crippen molar-refractivity contribution in [3.05, 3.63) is 157 Å². The highest BCUT2D eigenvalue weighted by molar-refractivity contribution is 6.11. The molecule has 0 saturated heterocycles. The molecule has 0 saturated carbocycles. The van der Waals surface area contributed by atoms with E-state index in [4.69, 9.17) is 9.47 Å². The van der Waals surface area contributed by atoms with Crippen molar-refractivity contribution >= 4 is 55.9 Å². The zero-order chi connectivity index (χ0) is 34.0. The molecule has 5 heteroatoms. The van der Waals surface area contributed by atoms with Crippen LogP contribution in [0, 0.1) is 0 Å². The Morgan fingerprint density at radius 3 is 1.43 bits per heavy atom. The number of rotatable bonds is 2. The summed E-state index contributed by atoms with van der Waals surface area (Å²) in [7, 11) is 2.19. The highest BCUT2D eigenvalue weighted by Crippen LogP contribution is 2.56. The summed E-state index contributed by atoms with van der Waals surface area (Å²) in [6.45, 7) is 4.73. The molecule has 0 spiro atoms. The van der Waals surface area contributed by atoms with Gasteiger partial charge in [0.1, 0.15) is 0 Å². The fraction of sp³-hybridized carbons (Fsp3) is 0.0870. The Balaban J connectivity index is 1.05. The second kappa shape index (κ2) is 10.1. The molecule has 0 N–H and O–H groups in total. The molecule has 51 heavy (non-hydrogen) atoms. The molecule has 0 bridgehead atoms. The summed E-state index contributed by atoms with van der Waals surface area (Å²) in [5.41, 5.74) is 13.9. The van der Waals surface area contributed by atoms with Crippen LogP contribution in [0.1, 0.15) is 25.0 Å². The first kappa shape index (κ1) is 28.4. The van der Waals surface area contributed by atoms with Crippen molar-refractivity contribution < 1.29 is 9.47 Å². The lowest BCUT2D eigenvalue weighted by Crippen LogP contribution is -2.18. The molecule has 11 rings (SSSR count). The van der Waals surface area contributed by atoms with Crippen molar-refractivity contribution in [1.29, 1.82) is 0 Å². The summed E-state index contributed by atoms with van der Waals surface area (Å²) in [6, 6.07) is 51.8. The third-order valence-corrected chi connectivity index (χ3v) is 11.2. The molecular formula is C46H33N3O2. The molecule has 0 radical (unpaired) electrons. The molecule has 1 aromatic heterocycles. The number of ether oxygens (including phenoxy) is 2. The van der Waals surface area contributed by atoms with E-state index in [1.54, 1.807) is 0 Å². The van der Waals surface area contributed by atoms with Crippen LogP contribution in [0.15, 0.2) is 146 Å². The van der Waals surface area contributed by atoms with E-state index >= 15 is 0 Å². The third-order valence-electron chi connectivity index (χ3n) is 11.2. The fourth-order valence-electron chi connectivity index (χ4n) is 8.65. The number of nitrogens with zero attached hydrogens (tertiary/aromatic N) is 3.